The highest BCUT2D eigenvalue weighted by molar-refractivity contribution is 5.48. The van der Waals surface area contributed by atoms with Crippen molar-refractivity contribution in [2.75, 3.05) is 13.6 Å². The molecule has 4 heteroatoms. The monoisotopic (exact) mass is 259 g/mol. The van der Waals surface area contributed by atoms with Crippen LogP contribution in [-0.4, -0.2) is 13.6 Å². The second-order valence-corrected chi connectivity index (χ2v) is 4.40. The summed E-state index contributed by atoms with van der Waals surface area (Å²) < 4.78 is 25.0. The van der Waals surface area contributed by atoms with Gasteiger partial charge in [0.25, 0.3) is 0 Å². The Labute approximate surface area is 111 Å². The fraction of sp³-hybridized carbons (Fsp3) is 0.200. The van der Waals surface area contributed by atoms with Gasteiger partial charge in [-0.2, -0.15) is 0 Å². The van der Waals surface area contributed by atoms with Crippen molar-refractivity contribution in [1.29, 1.82) is 0 Å². The smallest absolute Gasteiger partial charge is 0.172 e. The highest BCUT2D eigenvalue weighted by Gasteiger charge is 2.24. The molecule has 1 aliphatic heterocycles. The molecule has 19 heavy (non-hydrogen) atoms. The maximum atomic E-state index is 13.3. The number of likely N-dealkylation sites (N-methyl/N-ethyl adjacent to an activating group) is 1. The summed E-state index contributed by atoms with van der Waals surface area (Å²) >= 11 is 0. The van der Waals surface area contributed by atoms with E-state index in [4.69, 9.17) is 9.47 Å². The van der Waals surface area contributed by atoms with Crippen molar-refractivity contribution in [2.45, 2.75) is 6.10 Å². The summed E-state index contributed by atoms with van der Waals surface area (Å²) in [5.74, 6) is 1.32. The molecule has 1 atom stereocenters. The third-order valence-electron chi connectivity index (χ3n) is 3.05. The van der Waals surface area contributed by atoms with Crippen molar-refractivity contribution in [1.82, 2.24) is 5.32 Å². The van der Waals surface area contributed by atoms with E-state index in [1.54, 1.807) is 6.07 Å². The molecular weight excluding hydrogens is 245 g/mol. The van der Waals surface area contributed by atoms with Gasteiger partial charge < -0.3 is 14.8 Å². The molecule has 0 aliphatic carbocycles. The fourth-order valence-electron chi connectivity index (χ4n) is 2.17. The lowest BCUT2D eigenvalue weighted by molar-refractivity contribution is 0.207. The molecule has 2 aromatic rings. The summed E-state index contributed by atoms with van der Waals surface area (Å²) in [7, 11) is 1.86. The van der Waals surface area contributed by atoms with Crippen LogP contribution in [0.15, 0.2) is 42.5 Å². The SMILES string of the molecule is CNC[C@@H]1Oc2ccc(F)cc2Oc2ccccc21. The van der Waals surface area contributed by atoms with Gasteiger partial charge in [0.2, 0.25) is 0 Å². The molecule has 1 aliphatic rings. The van der Waals surface area contributed by atoms with Crippen LogP contribution in [0.4, 0.5) is 4.39 Å². The summed E-state index contributed by atoms with van der Waals surface area (Å²) in [4.78, 5) is 0. The normalized spacial score (nSPS) is 16.6. The molecule has 0 spiro atoms. The summed E-state index contributed by atoms with van der Waals surface area (Å²) in [6, 6.07) is 12.0. The zero-order valence-corrected chi connectivity index (χ0v) is 10.5. The second kappa shape index (κ2) is 4.90. The Kier molecular flexibility index (Phi) is 3.09. The Morgan fingerprint density at radius 2 is 1.95 bits per heavy atom. The zero-order valence-electron chi connectivity index (χ0n) is 10.5. The van der Waals surface area contributed by atoms with Crippen molar-refractivity contribution < 1.29 is 13.9 Å². The van der Waals surface area contributed by atoms with Crippen LogP contribution >= 0.6 is 0 Å². The van der Waals surface area contributed by atoms with Gasteiger partial charge in [0, 0.05) is 18.2 Å². The molecule has 0 radical (unpaired) electrons. The van der Waals surface area contributed by atoms with E-state index in [1.165, 1.54) is 12.1 Å². The molecule has 0 saturated heterocycles. The number of fused-ring (bicyclic) bond motifs is 2. The van der Waals surface area contributed by atoms with Crippen LogP contribution in [-0.2, 0) is 0 Å². The minimum absolute atomic E-state index is 0.159. The van der Waals surface area contributed by atoms with Gasteiger partial charge in [0.1, 0.15) is 17.7 Å². The van der Waals surface area contributed by atoms with Gasteiger partial charge in [-0.15, -0.1) is 0 Å². The fourth-order valence-corrected chi connectivity index (χ4v) is 2.17. The molecule has 3 rings (SSSR count). The summed E-state index contributed by atoms with van der Waals surface area (Å²) in [6.07, 6.45) is -0.159. The lowest BCUT2D eigenvalue weighted by Gasteiger charge is -2.17. The van der Waals surface area contributed by atoms with Crippen LogP contribution in [0.3, 0.4) is 0 Å². The van der Waals surface area contributed by atoms with Crippen LogP contribution in [0, 0.1) is 5.82 Å². The van der Waals surface area contributed by atoms with Gasteiger partial charge in [0.05, 0.1) is 0 Å². The Hall–Kier alpha value is -2.07. The number of para-hydroxylation sites is 1. The van der Waals surface area contributed by atoms with Gasteiger partial charge in [0.15, 0.2) is 11.5 Å². The van der Waals surface area contributed by atoms with E-state index in [-0.39, 0.29) is 11.9 Å². The predicted molar refractivity (Wildman–Crippen MR) is 70.2 cm³/mol. The highest BCUT2D eigenvalue weighted by atomic mass is 19.1. The highest BCUT2D eigenvalue weighted by Crippen LogP contribution is 2.41. The summed E-state index contributed by atoms with van der Waals surface area (Å²) in [5, 5.41) is 3.09. The molecule has 1 N–H and O–H groups in total. The molecule has 0 fully saturated rings. The first-order valence-electron chi connectivity index (χ1n) is 6.15. The molecule has 3 nitrogen and oxygen atoms in total. The number of rotatable bonds is 2. The van der Waals surface area contributed by atoms with Crippen LogP contribution in [0.5, 0.6) is 17.2 Å². The number of nitrogens with one attached hydrogen (secondary N) is 1. The number of ether oxygens (including phenoxy) is 2. The molecule has 0 amide bonds. The van der Waals surface area contributed by atoms with E-state index < -0.39 is 0 Å². The van der Waals surface area contributed by atoms with Gasteiger partial charge in [-0.05, 0) is 25.2 Å². The van der Waals surface area contributed by atoms with Gasteiger partial charge in [-0.25, -0.2) is 4.39 Å². The number of hydrogen-bond donors (Lipinski definition) is 1. The Morgan fingerprint density at radius 1 is 1.11 bits per heavy atom. The minimum Gasteiger partial charge on any atom is -0.480 e. The first-order chi connectivity index (χ1) is 9.28. The van der Waals surface area contributed by atoms with Gasteiger partial charge in [-0.3, -0.25) is 0 Å². The second-order valence-electron chi connectivity index (χ2n) is 4.40. The molecule has 1 heterocycles. The summed E-state index contributed by atoms with van der Waals surface area (Å²) in [5.41, 5.74) is 0.952. The quantitative estimate of drug-likeness (QED) is 0.897. The Bertz CT molecular complexity index is 600. The Morgan fingerprint density at radius 3 is 2.79 bits per heavy atom. The lowest BCUT2D eigenvalue weighted by Crippen LogP contribution is -2.21. The zero-order chi connectivity index (χ0) is 13.2. The van der Waals surface area contributed by atoms with Crippen molar-refractivity contribution in [3.05, 3.63) is 53.8 Å². The van der Waals surface area contributed by atoms with E-state index in [2.05, 4.69) is 5.32 Å². The average molecular weight is 259 g/mol. The maximum Gasteiger partial charge on any atom is 0.172 e. The van der Waals surface area contributed by atoms with E-state index >= 15 is 0 Å². The van der Waals surface area contributed by atoms with Crippen LogP contribution in [0.2, 0.25) is 0 Å². The van der Waals surface area contributed by atoms with Crippen molar-refractivity contribution in [3.63, 3.8) is 0 Å². The molecular formula is C15H14FNO2. The third-order valence-corrected chi connectivity index (χ3v) is 3.05. The van der Waals surface area contributed by atoms with Gasteiger partial charge >= 0.3 is 0 Å². The lowest BCUT2D eigenvalue weighted by atomic mass is 10.1. The molecule has 0 bridgehead atoms. The number of halogens is 1. The van der Waals surface area contributed by atoms with E-state index in [0.717, 1.165) is 5.56 Å². The topological polar surface area (TPSA) is 30.5 Å². The maximum absolute atomic E-state index is 13.3. The van der Waals surface area contributed by atoms with E-state index in [9.17, 15) is 4.39 Å². The molecule has 2 aromatic carbocycles. The average Bonchev–Trinajstić information content (AvgIpc) is 2.56. The van der Waals surface area contributed by atoms with Crippen molar-refractivity contribution >= 4 is 0 Å². The Balaban J connectivity index is 2.09. The van der Waals surface area contributed by atoms with E-state index in [0.29, 0.717) is 23.8 Å². The standard InChI is InChI=1S/C15H14FNO2/c1-17-9-15-11-4-2-3-5-12(11)18-14-8-10(16)6-7-13(14)19-15/h2-8,15,17H,9H2,1H3/t15-/m0/s1. The van der Waals surface area contributed by atoms with Crippen LogP contribution in [0.25, 0.3) is 0 Å². The minimum atomic E-state index is -0.341. The molecule has 0 saturated carbocycles. The van der Waals surface area contributed by atoms with Crippen molar-refractivity contribution in [2.24, 2.45) is 0 Å². The predicted octanol–water partition coefficient (Wildman–Crippen LogP) is 3.27. The largest absolute Gasteiger partial charge is 0.480 e. The molecule has 0 unspecified atom stereocenters. The third kappa shape index (κ3) is 2.27. The van der Waals surface area contributed by atoms with Crippen LogP contribution in [0.1, 0.15) is 11.7 Å². The first kappa shape index (κ1) is 12.0. The first-order valence-corrected chi connectivity index (χ1v) is 6.15. The van der Waals surface area contributed by atoms with Crippen LogP contribution < -0.4 is 14.8 Å². The molecule has 98 valence electrons. The number of hydrogen-bond acceptors (Lipinski definition) is 3. The summed E-state index contributed by atoms with van der Waals surface area (Å²) in [6.45, 7) is 0.650. The molecule has 0 aromatic heterocycles. The van der Waals surface area contributed by atoms with Crippen molar-refractivity contribution in [3.8, 4) is 17.2 Å². The van der Waals surface area contributed by atoms with Gasteiger partial charge in [-0.1, -0.05) is 18.2 Å². The number of benzene rings is 2. The van der Waals surface area contributed by atoms with E-state index in [1.807, 2.05) is 31.3 Å².